The van der Waals surface area contributed by atoms with Crippen molar-refractivity contribution in [1.29, 1.82) is 0 Å². The van der Waals surface area contributed by atoms with Gasteiger partial charge in [0.15, 0.2) is 27.2 Å². The first-order valence-corrected chi connectivity index (χ1v) is 23.6. The first-order chi connectivity index (χ1) is 27.0. The Bertz CT molecular complexity index is 2270. The maximum Gasteiger partial charge on any atom is 0.442 e. The molecule has 1 aromatic heterocycles. The molecule has 2 aromatic carbocycles. The summed E-state index contributed by atoms with van der Waals surface area (Å²) in [6.45, 7) is 5.21. The van der Waals surface area contributed by atoms with E-state index < -0.39 is 86.8 Å². The van der Waals surface area contributed by atoms with Crippen molar-refractivity contribution in [2.75, 3.05) is 44.5 Å². The maximum atomic E-state index is 12.4. The van der Waals surface area contributed by atoms with Crippen LogP contribution in [0.15, 0.2) is 44.4 Å². The molecule has 1 heterocycles. The lowest BCUT2D eigenvalue weighted by Crippen LogP contribution is -2.35. The average molecular weight is 926 g/mol. The number of aromatic nitrogens is 2. The molecule has 19 nitrogen and oxygen atoms in total. The average Bonchev–Trinajstić information content (AvgIpc) is 3.48. The van der Waals surface area contributed by atoms with E-state index in [-0.39, 0.29) is 34.4 Å². The molecule has 1 aliphatic rings. The zero-order chi connectivity index (χ0) is 45.6. The van der Waals surface area contributed by atoms with Gasteiger partial charge in [0.2, 0.25) is 5.89 Å². The Morgan fingerprint density at radius 2 is 1.69 bits per heavy atom. The molecule has 0 saturated heterocycles. The molecule has 1 saturated carbocycles. The minimum Gasteiger partial charge on any atom is -0.778 e. The number of benzene rings is 2. The number of nitrogens with zero attached hydrogens (tertiary/aromatic N) is 3. The van der Waals surface area contributed by atoms with Gasteiger partial charge >= 0.3 is 11.7 Å². The third-order valence-electron chi connectivity index (χ3n) is 6.93. The number of halogens is 2. The van der Waals surface area contributed by atoms with Crippen molar-refractivity contribution in [3.05, 3.63) is 72.5 Å². The lowest BCUT2D eigenvalue weighted by molar-refractivity contribution is -0.385. The van der Waals surface area contributed by atoms with Gasteiger partial charge in [-0.05, 0) is 35.5 Å². The number of terminal acetylenes is 1. The van der Waals surface area contributed by atoms with Crippen molar-refractivity contribution in [1.82, 2.24) is 15.1 Å². The first-order valence-electron chi connectivity index (χ1n) is 16.7. The lowest BCUT2D eigenvalue weighted by Gasteiger charge is -2.18. The largest absolute Gasteiger partial charge is 0.778 e. The van der Waals surface area contributed by atoms with Crippen LogP contribution in [0.3, 0.4) is 0 Å². The van der Waals surface area contributed by atoms with E-state index in [2.05, 4.69) is 29.8 Å². The number of hydrogen-bond acceptors (Lipinski definition) is 15. The van der Waals surface area contributed by atoms with Gasteiger partial charge in [0.05, 0.1) is 62.7 Å². The van der Waals surface area contributed by atoms with Crippen LogP contribution in [0.5, 0.6) is 5.75 Å². The second kappa shape index (κ2) is 22.8. The molecule has 0 radical (unpaired) electrons. The summed E-state index contributed by atoms with van der Waals surface area (Å²) < 4.78 is 44.5. The van der Waals surface area contributed by atoms with Crippen LogP contribution >= 0.6 is 30.8 Å². The van der Waals surface area contributed by atoms with E-state index in [1.165, 1.54) is 12.1 Å². The zero-order valence-electron chi connectivity index (χ0n) is 32.8. The summed E-state index contributed by atoms with van der Waals surface area (Å²) in [5.74, 6) is -2.48. The van der Waals surface area contributed by atoms with Gasteiger partial charge in [-0.3, -0.25) is 34.6 Å². The molecule has 0 aliphatic heterocycles. The summed E-state index contributed by atoms with van der Waals surface area (Å²) >= 11 is 12.2. The number of aliphatic carboxylic acids is 1. The summed E-state index contributed by atoms with van der Waals surface area (Å²) in [6.07, 6.45) is 12.4. The molecule has 3 aromatic rings. The van der Waals surface area contributed by atoms with Crippen LogP contribution in [-0.2, 0) is 45.1 Å². The number of carboxylic acid groups (broad SMARTS) is 1. The Morgan fingerprint density at radius 1 is 1.14 bits per heavy atom. The molecule has 4 rings (SSSR count). The SMILES string of the molecule is C#CCOc1cc(-n2nc(C(C)(C)C)oc2=O)c(Cl)cc1Cl.CS(=O)(=O)c1ccc(C(=O)C2C(=O)CCCC2=O)c([N+](=O)[O-])c1.C[S+](C)C.O=C(O)CNCP(=O)([O-])O. The molecule has 59 heavy (non-hydrogen) atoms. The minimum atomic E-state index is -4.35. The fourth-order valence-electron chi connectivity index (χ4n) is 4.40. The minimum absolute atomic E-state index is 0.0434. The highest BCUT2D eigenvalue weighted by molar-refractivity contribution is 7.94. The van der Waals surface area contributed by atoms with Gasteiger partial charge in [0.25, 0.3) is 5.69 Å². The highest BCUT2D eigenvalue weighted by Gasteiger charge is 2.39. The number of rotatable bonds is 11. The number of nitro benzene ring substituents is 1. The number of sulfone groups is 1. The van der Waals surface area contributed by atoms with Crippen LogP contribution in [0, 0.1) is 28.4 Å². The predicted molar refractivity (Wildman–Crippen MR) is 219 cm³/mol. The van der Waals surface area contributed by atoms with Crippen molar-refractivity contribution >= 4 is 80.5 Å². The van der Waals surface area contributed by atoms with Crippen LogP contribution in [-0.4, -0.2) is 101 Å². The number of ketones is 3. The fraction of sp³-hybridized carbons (Fsp3) is 0.429. The Balaban J connectivity index is 0.000000450. The predicted octanol–water partition coefficient (Wildman–Crippen LogP) is 3.22. The molecule has 0 bridgehead atoms. The number of Topliss-reactive ketones (excluding diaryl/α,β-unsaturated/α-hetero) is 3. The highest BCUT2D eigenvalue weighted by atomic mass is 35.5. The molecular weight excluding hydrogens is 882 g/mol. The standard InChI is InChI=1S/C15H14Cl2N2O3.C14H13NO7S.C3H8NO5P.C3H9S/c1-5-6-21-12-8-11(9(16)7-10(12)17)19-14(20)22-13(18-19)15(2,3)4;1-23(21,22)8-5-6-9(10(7-8)15(19)20)14(18)13-11(16)3-2-4-12(13)17;5-3(6)1-4-2-10(7,8)9;1-4(2)3/h1,7-8H,6H2,2-4H3;5-7,13H,2-4H2,1H3;4H,1-2H2,(H,5,6)(H2,7,8,9);1-3H3/q;;;+1/p-1. The number of nitro groups is 1. The summed E-state index contributed by atoms with van der Waals surface area (Å²) in [4.78, 5) is 85.8. The second-order valence-corrected chi connectivity index (χ2v) is 20.6. The lowest BCUT2D eigenvalue weighted by atomic mass is 9.81. The molecule has 0 amide bonds. The van der Waals surface area contributed by atoms with Gasteiger partial charge in [-0.25, -0.2) is 13.2 Å². The molecule has 0 spiro atoms. The second-order valence-electron chi connectivity index (χ2n) is 13.7. The van der Waals surface area contributed by atoms with Crippen LogP contribution < -0.4 is 20.7 Å². The molecule has 324 valence electrons. The van der Waals surface area contributed by atoms with Crippen molar-refractivity contribution in [3.63, 3.8) is 0 Å². The summed E-state index contributed by atoms with van der Waals surface area (Å²) in [5, 5.41) is 25.8. The normalized spacial score (nSPS) is 13.9. The Kier molecular flexibility index (Phi) is 20.4. The van der Waals surface area contributed by atoms with Crippen molar-refractivity contribution in [2.45, 2.75) is 50.3 Å². The number of carbonyl (C=O) groups excluding carboxylic acids is 3. The van der Waals surface area contributed by atoms with Gasteiger partial charge in [-0.15, -0.1) is 11.5 Å². The van der Waals surface area contributed by atoms with Crippen LogP contribution in [0.2, 0.25) is 10.0 Å². The van der Waals surface area contributed by atoms with Gasteiger partial charge in [0, 0.05) is 36.6 Å². The van der Waals surface area contributed by atoms with E-state index in [0.29, 0.717) is 34.6 Å². The third kappa shape index (κ3) is 17.8. The zero-order valence-corrected chi connectivity index (χ0v) is 36.9. The Labute approximate surface area is 352 Å². The summed E-state index contributed by atoms with van der Waals surface area (Å²) in [5.41, 5.74) is -1.27. The topological polar surface area (TPSA) is 295 Å². The number of carboxylic acids is 1. The molecule has 1 atom stereocenters. The summed E-state index contributed by atoms with van der Waals surface area (Å²) in [7, 11) is -7.40. The quantitative estimate of drug-likeness (QED) is 0.0473. The van der Waals surface area contributed by atoms with E-state index in [1.807, 2.05) is 26.1 Å². The van der Waals surface area contributed by atoms with Gasteiger partial charge in [-0.1, -0.05) is 49.9 Å². The van der Waals surface area contributed by atoms with Crippen molar-refractivity contribution < 1.29 is 61.1 Å². The maximum absolute atomic E-state index is 12.4. The molecule has 1 fully saturated rings. The van der Waals surface area contributed by atoms with Gasteiger partial charge in [-0.2, -0.15) is 4.68 Å². The van der Waals surface area contributed by atoms with Crippen molar-refractivity contribution in [2.24, 2.45) is 5.92 Å². The Morgan fingerprint density at radius 3 is 2.14 bits per heavy atom. The number of nitrogens with one attached hydrogen (secondary N) is 1. The molecular formula is C35H43Cl2N4O15PS2. The van der Waals surface area contributed by atoms with Gasteiger partial charge < -0.3 is 28.6 Å². The molecule has 1 aliphatic carbocycles. The van der Waals surface area contributed by atoms with Crippen LogP contribution in [0.1, 0.15) is 56.3 Å². The van der Waals surface area contributed by atoms with E-state index in [4.69, 9.17) is 48.8 Å². The number of hydrogen-bond donors (Lipinski definition) is 3. The van der Waals surface area contributed by atoms with Crippen molar-refractivity contribution in [3.8, 4) is 23.8 Å². The smallest absolute Gasteiger partial charge is 0.442 e. The number of ether oxygens (including phenoxy) is 1. The third-order valence-corrected chi connectivity index (χ3v) is 9.26. The fourth-order valence-corrected chi connectivity index (χ4v) is 5.96. The van der Waals surface area contributed by atoms with E-state index in [0.717, 1.165) is 29.1 Å². The Hall–Kier alpha value is -4.39. The van der Waals surface area contributed by atoms with E-state index in [1.54, 1.807) is 0 Å². The van der Waals surface area contributed by atoms with Crippen LogP contribution in [0.25, 0.3) is 5.69 Å². The van der Waals surface area contributed by atoms with Crippen LogP contribution in [0.4, 0.5) is 5.69 Å². The highest BCUT2D eigenvalue weighted by Crippen LogP contribution is 2.33. The van der Waals surface area contributed by atoms with Gasteiger partial charge in [0.1, 0.15) is 25.9 Å². The number of carbonyl (C=O) groups is 4. The monoisotopic (exact) mass is 924 g/mol. The summed E-state index contributed by atoms with van der Waals surface area (Å²) in [6, 6.07) is 5.75. The van der Waals surface area contributed by atoms with E-state index >= 15 is 0 Å². The first kappa shape index (κ1) is 52.6. The molecule has 3 N–H and O–H groups in total. The molecule has 24 heteroatoms. The molecule has 1 unspecified atom stereocenters. The van der Waals surface area contributed by atoms with E-state index in [9.17, 15) is 52.0 Å².